The Hall–Kier alpha value is -1.09. The largest absolute Gasteiger partial charge is 0.363 e. The van der Waals surface area contributed by atoms with Crippen molar-refractivity contribution in [1.82, 2.24) is 9.88 Å². The topological polar surface area (TPSA) is 36.1 Å². The lowest BCUT2D eigenvalue weighted by Gasteiger charge is -2.26. The van der Waals surface area contributed by atoms with Crippen molar-refractivity contribution in [3.63, 3.8) is 0 Å². The Balaban J connectivity index is 2.15. The first-order chi connectivity index (χ1) is 7.68. The van der Waals surface area contributed by atoms with E-state index in [4.69, 9.17) is 0 Å². The fraction of sp³-hybridized carbons (Fsp3) is 0.615. The molecule has 3 nitrogen and oxygen atoms in total. The number of aromatic amines is 1. The van der Waals surface area contributed by atoms with Gasteiger partial charge in [-0.25, -0.2) is 0 Å². The van der Waals surface area contributed by atoms with Crippen molar-refractivity contribution in [3.05, 3.63) is 33.2 Å². The Morgan fingerprint density at radius 1 is 1.25 bits per heavy atom. The molecule has 1 aliphatic rings. The van der Waals surface area contributed by atoms with Gasteiger partial charge in [-0.1, -0.05) is 6.42 Å². The second-order valence-electron chi connectivity index (χ2n) is 4.74. The molecule has 1 N–H and O–H groups in total. The van der Waals surface area contributed by atoms with Crippen molar-refractivity contribution in [2.24, 2.45) is 0 Å². The van der Waals surface area contributed by atoms with Crippen molar-refractivity contribution in [2.75, 3.05) is 13.1 Å². The predicted octanol–water partition coefficient (Wildman–Crippen LogP) is 1.98. The summed E-state index contributed by atoms with van der Waals surface area (Å²) in [5.41, 5.74) is 2.95. The average molecular weight is 220 g/mol. The number of nitrogens with zero attached hydrogens (tertiary/aromatic N) is 1. The van der Waals surface area contributed by atoms with Crippen LogP contribution in [0, 0.1) is 13.8 Å². The maximum absolute atomic E-state index is 11.8. The highest BCUT2D eigenvalue weighted by atomic mass is 16.1. The smallest absolute Gasteiger partial charge is 0.187 e. The minimum Gasteiger partial charge on any atom is -0.363 e. The average Bonchev–Trinajstić information content (AvgIpc) is 2.31. The van der Waals surface area contributed by atoms with Crippen molar-refractivity contribution in [1.29, 1.82) is 0 Å². The van der Waals surface area contributed by atoms with Gasteiger partial charge >= 0.3 is 0 Å². The van der Waals surface area contributed by atoms with Gasteiger partial charge in [-0.2, -0.15) is 0 Å². The highest BCUT2D eigenvalue weighted by molar-refractivity contribution is 5.23. The van der Waals surface area contributed by atoms with E-state index in [1.807, 2.05) is 20.0 Å². The summed E-state index contributed by atoms with van der Waals surface area (Å²) >= 11 is 0. The number of hydrogen-bond donors (Lipinski definition) is 1. The molecule has 0 saturated carbocycles. The number of aromatic nitrogens is 1. The van der Waals surface area contributed by atoms with E-state index in [0.717, 1.165) is 36.5 Å². The number of piperidine rings is 1. The van der Waals surface area contributed by atoms with Crippen LogP contribution >= 0.6 is 0 Å². The fourth-order valence-electron chi connectivity index (χ4n) is 2.31. The van der Waals surface area contributed by atoms with Crippen LogP contribution in [0.1, 0.15) is 36.1 Å². The van der Waals surface area contributed by atoms with Crippen LogP contribution in [-0.4, -0.2) is 23.0 Å². The number of H-pyrrole nitrogens is 1. The molecular weight excluding hydrogens is 200 g/mol. The number of nitrogens with one attached hydrogen (secondary N) is 1. The molecule has 0 radical (unpaired) electrons. The van der Waals surface area contributed by atoms with E-state index in [-0.39, 0.29) is 5.43 Å². The molecule has 1 aliphatic heterocycles. The Morgan fingerprint density at radius 2 is 1.94 bits per heavy atom. The summed E-state index contributed by atoms with van der Waals surface area (Å²) in [7, 11) is 0. The molecule has 1 saturated heterocycles. The molecule has 0 unspecified atom stereocenters. The zero-order valence-electron chi connectivity index (χ0n) is 10.2. The molecule has 0 spiro atoms. The van der Waals surface area contributed by atoms with Crippen LogP contribution in [0.25, 0.3) is 0 Å². The lowest BCUT2D eigenvalue weighted by molar-refractivity contribution is 0.218. The molecule has 16 heavy (non-hydrogen) atoms. The van der Waals surface area contributed by atoms with E-state index in [2.05, 4.69) is 9.88 Å². The van der Waals surface area contributed by atoms with Gasteiger partial charge in [0.15, 0.2) is 5.43 Å². The fourth-order valence-corrected chi connectivity index (χ4v) is 2.31. The molecule has 1 aromatic heterocycles. The molecule has 0 aliphatic carbocycles. The van der Waals surface area contributed by atoms with Crippen LogP contribution in [0.5, 0.6) is 0 Å². The standard InChI is InChI=1S/C13H20N2O/c1-10-8-14-12(11(2)13(10)16)9-15-6-4-3-5-7-15/h8H,3-7,9H2,1-2H3,(H,14,16). The first kappa shape index (κ1) is 11.4. The molecule has 2 heterocycles. The van der Waals surface area contributed by atoms with Gasteiger partial charge in [-0.15, -0.1) is 0 Å². The molecule has 88 valence electrons. The maximum atomic E-state index is 11.8. The number of pyridine rings is 1. The molecule has 1 aromatic rings. The van der Waals surface area contributed by atoms with Crippen LogP contribution in [0.4, 0.5) is 0 Å². The SMILES string of the molecule is Cc1c[nH]c(CN2CCCCC2)c(C)c1=O. The zero-order valence-corrected chi connectivity index (χ0v) is 10.2. The van der Waals surface area contributed by atoms with E-state index < -0.39 is 0 Å². The summed E-state index contributed by atoms with van der Waals surface area (Å²) in [6.07, 6.45) is 5.75. The summed E-state index contributed by atoms with van der Waals surface area (Å²) in [4.78, 5) is 17.5. The normalized spacial score (nSPS) is 17.6. The molecule has 0 atom stereocenters. The van der Waals surface area contributed by atoms with Gasteiger partial charge in [0.25, 0.3) is 0 Å². The minimum atomic E-state index is 0.186. The first-order valence-electron chi connectivity index (χ1n) is 6.08. The van der Waals surface area contributed by atoms with Crippen LogP contribution in [0.2, 0.25) is 0 Å². The Bertz CT molecular complexity index is 416. The lowest BCUT2D eigenvalue weighted by atomic mass is 10.1. The second-order valence-corrected chi connectivity index (χ2v) is 4.74. The quantitative estimate of drug-likeness (QED) is 0.827. The summed E-state index contributed by atoms with van der Waals surface area (Å²) < 4.78 is 0. The summed E-state index contributed by atoms with van der Waals surface area (Å²) in [5.74, 6) is 0. The highest BCUT2D eigenvalue weighted by Gasteiger charge is 2.13. The number of likely N-dealkylation sites (tertiary alicyclic amines) is 1. The molecule has 1 fully saturated rings. The molecule has 0 aromatic carbocycles. The lowest BCUT2D eigenvalue weighted by Crippen LogP contribution is -2.30. The Kier molecular flexibility index (Phi) is 3.44. The van der Waals surface area contributed by atoms with Crippen molar-refractivity contribution in [2.45, 2.75) is 39.7 Å². The van der Waals surface area contributed by atoms with Crippen LogP contribution in [-0.2, 0) is 6.54 Å². The third-order valence-electron chi connectivity index (χ3n) is 3.44. The number of aryl methyl sites for hydroxylation is 1. The zero-order chi connectivity index (χ0) is 11.5. The number of hydrogen-bond acceptors (Lipinski definition) is 2. The van der Waals surface area contributed by atoms with Gasteiger partial charge in [-0.3, -0.25) is 9.69 Å². The van der Waals surface area contributed by atoms with Crippen molar-refractivity contribution >= 4 is 0 Å². The molecule has 2 rings (SSSR count). The Labute approximate surface area is 96.5 Å². The maximum Gasteiger partial charge on any atom is 0.187 e. The highest BCUT2D eigenvalue weighted by Crippen LogP contribution is 2.12. The first-order valence-corrected chi connectivity index (χ1v) is 6.08. The molecule has 0 bridgehead atoms. The van der Waals surface area contributed by atoms with E-state index in [9.17, 15) is 4.79 Å². The van der Waals surface area contributed by atoms with Gasteiger partial charge in [-0.05, 0) is 39.8 Å². The van der Waals surface area contributed by atoms with E-state index >= 15 is 0 Å². The van der Waals surface area contributed by atoms with Gasteiger partial charge in [0, 0.05) is 29.6 Å². The number of rotatable bonds is 2. The van der Waals surface area contributed by atoms with Gasteiger partial charge < -0.3 is 4.98 Å². The van der Waals surface area contributed by atoms with Crippen LogP contribution in [0.3, 0.4) is 0 Å². The van der Waals surface area contributed by atoms with Gasteiger partial charge in [0.2, 0.25) is 0 Å². The Morgan fingerprint density at radius 3 is 2.62 bits per heavy atom. The second kappa shape index (κ2) is 4.83. The van der Waals surface area contributed by atoms with Crippen molar-refractivity contribution in [3.8, 4) is 0 Å². The minimum absolute atomic E-state index is 0.186. The van der Waals surface area contributed by atoms with Crippen LogP contribution in [0.15, 0.2) is 11.0 Å². The van der Waals surface area contributed by atoms with Gasteiger partial charge in [0.05, 0.1) is 0 Å². The third kappa shape index (κ3) is 2.35. The summed E-state index contributed by atoms with van der Waals surface area (Å²) in [6.45, 7) is 6.99. The summed E-state index contributed by atoms with van der Waals surface area (Å²) in [5, 5.41) is 0. The molecule has 0 amide bonds. The van der Waals surface area contributed by atoms with E-state index in [1.165, 1.54) is 19.3 Å². The molecule has 3 heteroatoms. The molecular formula is C13H20N2O. The third-order valence-corrected chi connectivity index (χ3v) is 3.44. The van der Waals surface area contributed by atoms with Gasteiger partial charge in [0.1, 0.15) is 0 Å². The van der Waals surface area contributed by atoms with E-state index in [1.54, 1.807) is 0 Å². The van der Waals surface area contributed by atoms with Crippen LogP contribution < -0.4 is 5.43 Å². The van der Waals surface area contributed by atoms with Crippen molar-refractivity contribution < 1.29 is 0 Å². The predicted molar refractivity (Wildman–Crippen MR) is 65.7 cm³/mol. The monoisotopic (exact) mass is 220 g/mol. The summed E-state index contributed by atoms with van der Waals surface area (Å²) in [6, 6.07) is 0. The van der Waals surface area contributed by atoms with E-state index in [0.29, 0.717) is 0 Å².